The summed E-state index contributed by atoms with van der Waals surface area (Å²) in [5, 5.41) is 20.3. The van der Waals surface area contributed by atoms with E-state index in [2.05, 4.69) is 73.5 Å². The zero-order valence-electron chi connectivity index (χ0n) is 25.6. The van der Waals surface area contributed by atoms with Crippen molar-refractivity contribution >= 4 is 39.7 Å². The van der Waals surface area contributed by atoms with Gasteiger partial charge in [-0.2, -0.15) is 0 Å². The van der Waals surface area contributed by atoms with Gasteiger partial charge in [0.15, 0.2) is 0 Å². The second kappa shape index (κ2) is 17.9. The van der Waals surface area contributed by atoms with Gasteiger partial charge in [-0.3, -0.25) is 9.59 Å². The van der Waals surface area contributed by atoms with E-state index in [0.29, 0.717) is 12.5 Å². The first kappa shape index (κ1) is 35.4. The van der Waals surface area contributed by atoms with E-state index in [1.807, 2.05) is 13.8 Å². The number of aromatic nitrogens is 1. The van der Waals surface area contributed by atoms with Gasteiger partial charge in [0.05, 0.1) is 11.8 Å². The van der Waals surface area contributed by atoms with E-state index in [1.165, 1.54) is 28.7 Å². The fraction of sp³-hybridized carbons (Fsp3) is 0.485. The summed E-state index contributed by atoms with van der Waals surface area (Å²) in [5.74, 6) is -2.02. The lowest BCUT2D eigenvalue weighted by molar-refractivity contribution is -0.153. The number of aliphatic carboxylic acids is 1. The van der Waals surface area contributed by atoms with Gasteiger partial charge >= 0.3 is 17.9 Å². The average molecular weight is 570 g/mol. The number of carboxylic acid groups (broad SMARTS) is 1. The quantitative estimate of drug-likeness (QED) is 0.190. The number of rotatable bonds is 11. The summed E-state index contributed by atoms with van der Waals surface area (Å²) in [4.78, 5) is 32.2. The summed E-state index contributed by atoms with van der Waals surface area (Å²) in [5.41, 5.74) is 2.96. The molecule has 1 heterocycles. The van der Waals surface area contributed by atoms with E-state index in [0.717, 1.165) is 12.8 Å². The molecule has 3 rings (SSSR count). The minimum atomic E-state index is -1.01. The Balaban J connectivity index is 0.000000335. The Hall–Kier alpha value is -3.65. The highest BCUT2D eigenvalue weighted by atomic mass is 16.6. The lowest BCUT2D eigenvalue weighted by Crippen LogP contribution is -2.27. The molecule has 0 saturated heterocycles. The first-order valence-corrected chi connectivity index (χ1v) is 14.3. The Labute approximate surface area is 243 Å². The number of nitrogens with zero attached hydrogens (tertiary/aromatic N) is 1. The van der Waals surface area contributed by atoms with Crippen molar-refractivity contribution in [1.29, 1.82) is 0 Å². The molecule has 0 bridgehead atoms. The Morgan fingerprint density at radius 2 is 1.27 bits per heavy atom. The van der Waals surface area contributed by atoms with Gasteiger partial charge in [-0.25, -0.2) is 4.79 Å². The van der Waals surface area contributed by atoms with E-state index in [1.54, 1.807) is 13.8 Å². The standard InChI is InChI=1S/C16H17N.C12H20O5.C5H10O2/c1-3-12(2)17-15-10-6-4-8-13(15)14-9-5-7-11-16(14)17;1-5-9(4)12(15)17-7-10(13)6-16-11(14)8(2)3;1-3-4(2)5(6)7/h4-12H,3H2,1-2H3;9-10,13H,2,5-7H2,1,3-4H3;4H,3H2,1-2H3,(H,6,7). The summed E-state index contributed by atoms with van der Waals surface area (Å²) >= 11 is 0. The monoisotopic (exact) mass is 569 g/mol. The maximum Gasteiger partial charge on any atom is 0.333 e. The molecule has 0 amide bonds. The molecule has 0 aliphatic rings. The number of hydrogen-bond acceptors (Lipinski definition) is 6. The van der Waals surface area contributed by atoms with Gasteiger partial charge in [0.1, 0.15) is 19.3 Å². The minimum Gasteiger partial charge on any atom is -0.481 e. The zero-order valence-corrected chi connectivity index (χ0v) is 25.6. The molecular formula is C33H47NO7. The molecule has 8 nitrogen and oxygen atoms in total. The van der Waals surface area contributed by atoms with Gasteiger partial charge < -0.3 is 24.3 Å². The number of aliphatic hydroxyl groups excluding tert-OH is 1. The first-order chi connectivity index (χ1) is 19.4. The zero-order chi connectivity index (χ0) is 31.1. The summed E-state index contributed by atoms with van der Waals surface area (Å²) in [6.45, 7) is 16.2. The fourth-order valence-electron chi connectivity index (χ4n) is 3.62. The summed E-state index contributed by atoms with van der Waals surface area (Å²) in [6.07, 6.45) is 1.55. The SMILES string of the molecule is C=C(C)C(=O)OCC(O)COC(=O)C(C)CC.CCC(C)C(=O)O.CCC(C)n1c2ccccc2c2ccccc21. The first-order valence-electron chi connectivity index (χ1n) is 14.3. The molecule has 0 aliphatic carbocycles. The van der Waals surface area contributed by atoms with Crippen molar-refractivity contribution in [2.24, 2.45) is 11.8 Å². The van der Waals surface area contributed by atoms with Crippen molar-refractivity contribution < 1.29 is 34.1 Å². The van der Waals surface area contributed by atoms with Crippen molar-refractivity contribution in [3.05, 3.63) is 60.7 Å². The minimum absolute atomic E-state index is 0.174. The highest BCUT2D eigenvalue weighted by Crippen LogP contribution is 2.32. The molecule has 226 valence electrons. The topological polar surface area (TPSA) is 115 Å². The number of para-hydroxylation sites is 2. The third kappa shape index (κ3) is 11.0. The van der Waals surface area contributed by atoms with Gasteiger partial charge in [-0.1, -0.05) is 77.6 Å². The lowest BCUT2D eigenvalue weighted by atomic mass is 10.1. The van der Waals surface area contributed by atoms with Gasteiger partial charge in [-0.15, -0.1) is 0 Å². The molecule has 8 heteroatoms. The van der Waals surface area contributed by atoms with Crippen molar-refractivity contribution in [3.63, 3.8) is 0 Å². The largest absolute Gasteiger partial charge is 0.481 e. The van der Waals surface area contributed by atoms with Gasteiger partial charge in [0.25, 0.3) is 0 Å². The van der Waals surface area contributed by atoms with Crippen LogP contribution < -0.4 is 0 Å². The van der Waals surface area contributed by atoms with E-state index in [-0.39, 0.29) is 36.6 Å². The number of carboxylic acids is 1. The molecule has 0 aliphatic heterocycles. The molecule has 4 unspecified atom stereocenters. The second-order valence-electron chi connectivity index (χ2n) is 10.3. The molecule has 2 aromatic carbocycles. The van der Waals surface area contributed by atoms with Crippen LogP contribution in [0.5, 0.6) is 0 Å². The second-order valence-corrected chi connectivity index (χ2v) is 10.3. The molecule has 41 heavy (non-hydrogen) atoms. The van der Waals surface area contributed by atoms with Crippen LogP contribution in [0.1, 0.15) is 73.8 Å². The summed E-state index contributed by atoms with van der Waals surface area (Å²) in [6, 6.07) is 17.9. The molecule has 0 spiro atoms. The number of fused-ring (bicyclic) bond motifs is 3. The summed E-state index contributed by atoms with van der Waals surface area (Å²) < 4.78 is 12.0. The van der Waals surface area contributed by atoms with Crippen LogP contribution in [-0.4, -0.2) is 52.0 Å². The van der Waals surface area contributed by atoms with Gasteiger partial charge in [0.2, 0.25) is 0 Å². The van der Waals surface area contributed by atoms with Crippen molar-refractivity contribution in [3.8, 4) is 0 Å². The van der Waals surface area contributed by atoms with Crippen molar-refractivity contribution in [1.82, 2.24) is 4.57 Å². The van der Waals surface area contributed by atoms with E-state index in [4.69, 9.17) is 14.6 Å². The third-order valence-corrected chi connectivity index (χ3v) is 6.87. The maximum atomic E-state index is 11.3. The van der Waals surface area contributed by atoms with E-state index >= 15 is 0 Å². The number of benzene rings is 2. The van der Waals surface area contributed by atoms with Crippen LogP contribution in [0.25, 0.3) is 21.8 Å². The molecule has 0 saturated carbocycles. The van der Waals surface area contributed by atoms with Crippen LogP contribution in [0.2, 0.25) is 0 Å². The Kier molecular flexibility index (Phi) is 15.5. The normalized spacial score (nSPS) is 13.5. The van der Waals surface area contributed by atoms with Crippen LogP contribution in [-0.2, 0) is 23.9 Å². The molecule has 0 fully saturated rings. The lowest BCUT2D eigenvalue weighted by Gasteiger charge is -2.14. The molecule has 0 radical (unpaired) electrons. The average Bonchev–Trinajstić information content (AvgIpc) is 3.32. The van der Waals surface area contributed by atoms with Gasteiger partial charge in [-0.05, 0) is 45.2 Å². The van der Waals surface area contributed by atoms with Crippen LogP contribution in [0.4, 0.5) is 0 Å². The van der Waals surface area contributed by atoms with E-state index < -0.39 is 18.0 Å². The molecule has 2 N–H and O–H groups in total. The number of esters is 2. The predicted octanol–water partition coefficient (Wildman–Crippen LogP) is 6.94. The highest BCUT2D eigenvalue weighted by molar-refractivity contribution is 6.08. The Morgan fingerprint density at radius 3 is 1.66 bits per heavy atom. The van der Waals surface area contributed by atoms with Crippen LogP contribution in [0.3, 0.4) is 0 Å². The predicted molar refractivity (Wildman–Crippen MR) is 164 cm³/mol. The Morgan fingerprint density at radius 1 is 0.805 bits per heavy atom. The van der Waals surface area contributed by atoms with Gasteiger partial charge in [0, 0.05) is 33.4 Å². The third-order valence-electron chi connectivity index (χ3n) is 6.87. The fourth-order valence-corrected chi connectivity index (χ4v) is 3.62. The number of ether oxygens (including phenoxy) is 2. The number of carbonyl (C=O) groups excluding carboxylic acids is 2. The van der Waals surface area contributed by atoms with Crippen LogP contribution in [0.15, 0.2) is 60.7 Å². The molecule has 4 atom stereocenters. The Bertz CT molecular complexity index is 1230. The molecular weight excluding hydrogens is 522 g/mol. The number of hydrogen-bond donors (Lipinski definition) is 2. The van der Waals surface area contributed by atoms with Crippen LogP contribution >= 0.6 is 0 Å². The van der Waals surface area contributed by atoms with E-state index in [9.17, 15) is 19.5 Å². The molecule has 1 aromatic heterocycles. The summed E-state index contributed by atoms with van der Waals surface area (Å²) in [7, 11) is 0. The number of carbonyl (C=O) groups is 3. The van der Waals surface area contributed by atoms with Crippen molar-refractivity contribution in [2.75, 3.05) is 13.2 Å². The number of aliphatic hydroxyl groups is 1. The van der Waals surface area contributed by atoms with Crippen LogP contribution in [0, 0.1) is 11.8 Å². The smallest absolute Gasteiger partial charge is 0.333 e. The highest BCUT2D eigenvalue weighted by Gasteiger charge is 2.16. The maximum absolute atomic E-state index is 11.3. The molecule has 3 aromatic rings. The van der Waals surface area contributed by atoms with Crippen molar-refractivity contribution in [2.45, 2.75) is 79.9 Å².